The van der Waals surface area contributed by atoms with Crippen molar-refractivity contribution in [2.45, 2.75) is 39.8 Å². The van der Waals surface area contributed by atoms with Gasteiger partial charge in [0.15, 0.2) is 0 Å². The van der Waals surface area contributed by atoms with Gasteiger partial charge in [0, 0.05) is 18.7 Å². The summed E-state index contributed by atoms with van der Waals surface area (Å²) in [4.78, 5) is 2.36. The molecule has 3 nitrogen and oxygen atoms in total. The second-order valence-electron chi connectivity index (χ2n) is 6.21. The SMILES string of the molecule is C#CCN(Cc1ccoc1CNCC(C)C)CC1CC1. The fourth-order valence-corrected chi connectivity index (χ4v) is 2.36. The van der Waals surface area contributed by atoms with E-state index >= 15 is 0 Å². The first-order chi connectivity index (χ1) is 9.69. The molecule has 1 aromatic heterocycles. The molecule has 0 bridgehead atoms. The van der Waals surface area contributed by atoms with Crippen LogP contribution in [0.25, 0.3) is 0 Å². The van der Waals surface area contributed by atoms with E-state index in [1.165, 1.54) is 18.4 Å². The number of terminal acetylenes is 1. The van der Waals surface area contributed by atoms with E-state index in [9.17, 15) is 0 Å². The van der Waals surface area contributed by atoms with Gasteiger partial charge in [0.25, 0.3) is 0 Å². The average molecular weight is 274 g/mol. The Morgan fingerprint density at radius 1 is 1.50 bits per heavy atom. The van der Waals surface area contributed by atoms with Gasteiger partial charge < -0.3 is 9.73 Å². The minimum Gasteiger partial charge on any atom is -0.468 e. The topological polar surface area (TPSA) is 28.4 Å². The van der Waals surface area contributed by atoms with Crippen molar-refractivity contribution in [1.29, 1.82) is 0 Å². The van der Waals surface area contributed by atoms with Crippen LogP contribution >= 0.6 is 0 Å². The smallest absolute Gasteiger partial charge is 0.122 e. The minimum absolute atomic E-state index is 0.654. The molecule has 0 aromatic carbocycles. The maximum Gasteiger partial charge on any atom is 0.122 e. The fourth-order valence-electron chi connectivity index (χ4n) is 2.36. The Bertz CT molecular complexity index is 440. The summed E-state index contributed by atoms with van der Waals surface area (Å²) in [5.74, 6) is 5.33. The summed E-state index contributed by atoms with van der Waals surface area (Å²) < 4.78 is 5.61. The van der Waals surface area contributed by atoms with Gasteiger partial charge in [-0.15, -0.1) is 6.42 Å². The van der Waals surface area contributed by atoms with E-state index in [0.29, 0.717) is 5.92 Å². The fraction of sp³-hybridized carbons (Fsp3) is 0.647. The van der Waals surface area contributed by atoms with Gasteiger partial charge in [-0.05, 0) is 37.3 Å². The van der Waals surface area contributed by atoms with Crippen molar-refractivity contribution in [3.05, 3.63) is 23.7 Å². The van der Waals surface area contributed by atoms with Gasteiger partial charge >= 0.3 is 0 Å². The molecule has 20 heavy (non-hydrogen) atoms. The quantitative estimate of drug-likeness (QED) is 0.702. The van der Waals surface area contributed by atoms with E-state index < -0.39 is 0 Å². The number of rotatable bonds is 9. The predicted molar refractivity (Wildman–Crippen MR) is 82.1 cm³/mol. The molecule has 0 aliphatic heterocycles. The zero-order chi connectivity index (χ0) is 14.4. The lowest BCUT2D eigenvalue weighted by molar-refractivity contribution is 0.283. The molecule has 1 heterocycles. The highest BCUT2D eigenvalue weighted by atomic mass is 16.3. The van der Waals surface area contributed by atoms with Gasteiger partial charge in [0.2, 0.25) is 0 Å². The number of nitrogens with one attached hydrogen (secondary N) is 1. The van der Waals surface area contributed by atoms with E-state index in [-0.39, 0.29) is 0 Å². The molecule has 2 rings (SSSR count). The standard InChI is InChI=1S/C17H26N2O/c1-4-8-19(12-15-5-6-15)13-16-7-9-20-17(16)11-18-10-14(2)3/h1,7,9,14-15,18H,5-6,8,10-13H2,2-3H3. The largest absolute Gasteiger partial charge is 0.468 e. The first-order valence-corrected chi connectivity index (χ1v) is 7.60. The molecule has 1 aromatic rings. The zero-order valence-corrected chi connectivity index (χ0v) is 12.7. The third-order valence-corrected chi connectivity index (χ3v) is 3.60. The lowest BCUT2D eigenvalue weighted by Crippen LogP contribution is -2.27. The van der Waals surface area contributed by atoms with E-state index in [2.05, 4.69) is 36.1 Å². The molecule has 110 valence electrons. The molecule has 1 N–H and O–H groups in total. The van der Waals surface area contributed by atoms with Gasteiger partial charge in [0.1, 0.15) is 5.76 Å². The molecule has 1 saturated carbocycles. The zero-order valence-electron chi connectivity index (χ0n) is 12.7. The van der Waals surface area contributed by atoms with Crippen molar-refractivity contribution in [2.24, 2.45) is 11.8 Å². The van der Waals surface area contributed by atoms with Crippen molar-refractivity contribution >= 4 is 0 Å². The molecule has 0 unspecified atom stereocenters. The van der Waals surface area contributed by atoms with Crippen molar-refractivity contribution in [1.82, 2.24) is 10.2 Å². The Morgan fingerprint density at radius 3 is 2.95 bits per heavy atom. The molecule has 0 radical (unpaired) electrons. The van der Waals surface area contributed by atoms with Crippen molar-refractivity contribution in [2.75, 3.05) is 19.6 Å². The van der Waals surface area contributed by atoms with Crippen LogP contribution < -0.4 is 5.32 Å². The molecular weight excluding hydrogens is 248 g/mol. The van der Waals surface area contributed by atoms with Crippen LogP contribution in [0, 0.1) is 24.2 Å². The number of hydrogen-bond donors (Lipinski definition) is 1. The lowest BCUT2D eigenvalue weighted by Gasteiger charge is -2.19. The van der Waals surface area contributed by atoms with Crippen LogP contribution in [-0.2, 0) is 13.1 Å². The van der Waals surface area contributed by atoms with Gasteiger partial charge in [0.05, 0.1) is 19.4 Å². The molecule has 0 atom stereocenters. The predicted octanol–water partition coefficient (Wildman–Crippen LogP) is 2.87. The van der Waals surface area contributed by atoms with E-state index in [1.54, 1.807) is 6.26 Å². The van der Waals surface area contributed by atoms with Crippen molar-refractivity contribution in [3.8, 4) is 12.3 Å². The Hall–Kier alpha value is -1.24. The maximum atomic E-state index is 5.61. The molecule has 0 amide bonds. The van der Waals surface area contributed by atoms with Crippen LogP contribution in [-0.4, -0.2) is 24.5 Å². The molecule has 1 aliphatic carbocycles. The number of hydrogen-bond acceptors (Lipinski definition) is 3. The third kappa shape index (κ3) is 5.03. The molecule has 3 heteroatoms. The molecule has 1 aliphatic rings. The summed E-state index contributed by atoms with van der Waals surface area (Å²) in [5, 5.41) is 3.43. The summed E-state index contributed by atoms with van der Waals surface area (Å²) in [6, 6.07) is 2.07. The van der Waals surface area contributed by atoms with Gasteiger partial charge in [-0.3, -0.25) is 4.90 Å². The summed E-state index contributed by atoms with van der Waals surface area (Å²) in [6.45, 7) is 8.97. The van der Waals surface area contributed by atoms with Crippen LogP contribution in [0.3, 0.4) is 0 Å². The van der Waals surface area contributed by atoms with Gasteiger partial charge in [-0.2, -0.15) is 0 Å². The highest BCUT2D eigenvalue weighted by Gasteiger charge is 2.24. The van der Waals surface area contributed by atoms with Crippen molar-refractivity contribution in [3.63, 3.8) is 0 Å². The van der Waals surface area contributed by atoms with Crippen LogP contribution in [0.5, 0.6) is 0 Å². The molecule has 0 saturated heterocycles. The van der Waals surface area contributed by atoms with Gasteiger partial charge in [-0.25, -0.2) is 0 Å². The summed E-state index contributed by atoms with van der Waals surface area (Å²) in [6.07, 6.45) is 9.98. The Kier molecular flexibility index (Phi) is 5.70. The highest BCUT2D eigenvalue weighted by Crippen LogP contribution is 2.30. The van der Waals surface area contributed by atoms with Crippen molar-refractivity contribution < 1.29 is 4.42 Å². The Balaban J connectivity index is 1.86. The van der Waals surface area contributed by atoms with Crippen LogP contribution in [0.2, 0.25) is 0 Å². The average Bonchev–Trinajstić information content (AvgIpc) is 3.10. The van der Waals surface area contributed by atoms with E-state index in [4.69, 9.17) is 10.8 Å². The first-order valence-electron chi connectivity index (χ1n) is 7.60. The van der Waals surface area contributed by atoms with Gasteiger partial charge in [-0.1, -0.05) is 19.8 Å². The number of furan rings is 1. The lowest BCUT2D eigenvalue weighted by atomic mass is 10.2. The highest BCUT2D eigenvalue weighted by molar-refractivity contribution is 5.17. The monoisotopic (exact) mass is 274 g/mol. The number of nitrogens with zero attached hydrogens (tertiary/aromatic N) is 1. The molecule has 1 fully saturated rings. The summed E-state index contributed by atoms with van der Waals surface area (Å²) in [7, 11) is 0. The van der Waals surface area contributed by atoms with E-state index in [0.717, 1.165) is 44.4 Å². The Morgan fingerprint density at radius 2 is 2.30 bits per heavy atom. The molecule has 0 spiro atoms. The second-order valence-corrected chi connectivity index (χ2v) is 6.21. The summed E-state index contributed by atoms with van der Waals surface area (Å²) in [5.41, 5.74) is 1.26. The normalized spacial score (nSPS) is 14.9. The van der Waals surface area contributed by atoms with E-state index in [1.807, 2.05) is 0 Å². The van der Waals surface area contributed by atoms with Crippen LogP contribution in [0.15, 0.2) is 16.7 Å². The second kappa shape index (κ2) is 7.52. The Labute approximate surface area is 122 Å². The van der Waals surface area contributed by atoms with Crippen LogP contribution in [0.1, 0.15) is 38.0 Å². The third-order valence-electron chi connectivity index (χ3n) is 3.60. The summed E-state index contributed by atoms with van der Waals surface area (Å²) >= 11 is 0. The maximum absolute atomic E-state index is 5.61. The molecular formula is C17H26N2O. The first kappa shape index (κ1) is 15.2. The van der Waals surface area contributed by atoms with Crippen LogP contribution in [0.4, 0.5) is 0 Å². The minimum atomic E-state index is 0.654.